The maximum atomic E-state index is 13.2. The monoisotopic (exact) mass is 331 g/mol. The van der Waals surface area contributed by atoms with Crippen molar-refractivity contribution in [2.24, 2.45) is 0 Å². The molecule has 1 aromatic carbocycles. The molecular weight excluding hydrogens is 310 g/mol. The van der Waals surface area contributed by atoms with Gasteiger partial charge < -0.3 is 9.64 Å². The largest absolute Gasteiger partial charge is 0.376 e. The van der Waals surface area contributed by atoms with E-state index in [1.165, 1.54) is 0 Å². The van der Waals surface area contributed by atoms with E-state index in [4.69, 9.17) is 4.74 Å². The Morgan fingerprint density at radius 1 is 1.39 bits per heavy atom. The van der Waals surface area contributed by atoms with E-state index in [0.29, 0.717) is 18.3 Å². The highest BCUT2D eigenvalue weighted by atomic mass is 32.2. The highest BCUT2D eigenvalue weighted by molar-refractivity contribution is 7.99. The van der Waals surface area contributed by atoms with Crippen LogP contribution in [0.15, 0.2) is 24.3 Å². The molecule has 0 bridgehead atoms. The molecule has 23 heavy (non-hydrogen) atoms. The number of hydrogen-bond acceptors (Lipinski definition) is 4. The van der Waals surface area contributed by atoms with Crippen LogP contribution in [0.5, 0.6) is 0 Å². The minimum atomic E-state index is 0.0328. The lowest BCUT2D eigenvalue weighted by Gasteiger charge is -2.30. The lowest BCUT2D eigenvalue weighted by molar-refractivity contribution is 0.0439. The van der Waals surface area contributed by atoms with E-state index in [2.05, 4.69) is 10.2 Å². The molecule has 3 heterocycles. The summed E-state index contributed by atoms with van der Waals surface area (Å²) in [7, 11) is 0. The first-order valence-corrected chi connectivity index (χ1v) is 9.42. The van der Waals surface area contributed by atoms with Crippen LogP contribution in [0.4, 0.5) is 0 Å². The average Bonchev–Trinajstić information content (AvgIpc) is 3.32. The topological polar surface area (TPSA) is 58.2 Å². The van der Waals surface area contributed by atoms with Gasteiger partial charge in [0.2, 0.25) is 0 Å². The maximum absolute atomic E-state index is 13.2. The molecular formula is C17H21N3O2S. The summed E-state index contributed by atoms with van der Waals surface area (Å²) < 4.78 is 5.77. The van der Waals surface area contributed by atoms with Crippen LogP contribution in [0.2, 0.25) is 0 Å². The van der Waals surface area contributed by atoms with Crippen LogP contribution in [0, 0.1) is 0 Å². The minimum absolute atomic E-state index is 0.0328. The third-order valence-electron chi connectivity index (χ3n) is 4.70. The summed E-state index contributed by atoms with van der Waals surface area (Å²) in [5.41, 5.74) is 1.45. The summed E-state index contributed by atoms with van der Waals surface area (Å²) in [5.74, 6) is 2.17. The molecule has 0 saturated carbocycles. The quantitative estimate of drug-likeness (QED) is 0.936. The number of rotatable bonds is 4. The van der Waals surface area contributed by atoms with Crippen molar-refractivity contribution in [1.82, 2.24) is 15.1 Å². The summed E-state index contributed by atoms with van der Waals surface area (Å²) in [6.07, 6.45) is 3.38. The predicted molar refractivity (Wildman–Crippen MR) is 91.8 cm³/mol. The smallest absolute Gasteiger partial charge is 0.275 e. The SMILES string of the molecule is O=C(c1n[nH]c2ccccc12)N(C[C@H]1CCCO1)[C@H]1CCSC1. The number of thioether (sulfide) groups is 1. The first kappa shape index (κ1) is 15.0. The molecule has 2 saturated heterocycles. The Balaban J connectivity index is 1.62. The number of aromatic amines is 1. The van der Waals surface area contributed by atoms with Gasteiger partial charge in [0.25, 0.3) is 5.91 Å². The number of carbonyl (C=O) groups excluding carboxylic acids is 1. The molecule has 2 aliphatic rings. The van der Waals surface area contributed by atoms with E-state index < -0.39 is 0 Å². The zero-order valence-corrected chi connectivity index (χ0v) is 13.8. The molecule has 2 fully saturated rings. The molecule has 1 amide bonds. The van der Waals surface area contributed by atoms with Crippen molar-refractivity contribution in [3.05, 3.63) is 30.0 Å². The second kappa shape index (κ2) is 6.53. The molecule has 1 aromatic heterocycles. The van der Waals surface area contributed by atoms with Crippen LogP contribution in [-0.4, -0.2) is 57.8 Å². The fraction of sp³-hybridized carbons (Fsp3) is 0.529. The number of nitrogens with zero attached hydrogens (tertiary/aromatic N) is 2. The van der Waals surface area contributed by atoms with Crippen LogP contribution in [0.25, 0.3) is 10.9 Å². The number of ether oxygens (including phenoxy) is 1. The lowest BCUT2D eigenvalue weighted by atomic mass is 10.1. The van der Waals surface area contributed by atoms with Gasteiger partial charge >= 0.3 is 0 Å². The van der Waals surface area contributed by atoms with Crippen LogP contribution in [0.1, 0.15) is 29.8 Å². The van der Waals surface area contributed by atoms with Crippen molar-refractivity contribution in [2.45, 2.75) is 31.4 Å². The van der Waals surface area contributed by atoms with Gasteiger partial charge in [0, 0.05) is 30.3 Å². The lowest BCUT2D eigenvalue weighted by Crippen LogP contribution is -2.45. The highest BCUT2D eigenvalue weighted by Gasteiger charge is 2.32. The predicted octanol–water partition coefficient (Wildman–Crippen LogP) is 2.69. The fourth-order valence-electron chi connectivity index (χ4n) is 3.44. The summed E-state index contributed by atoms with van der Waals surface area (Å²) in [5, 5.41) is 8.18. The van der Waals surface area contributed by atoms with Crippen molar-refractivity contribution < 1.29 is 9.53 Å². The molecule has 4 rings (SSSR count). The molecule has 122 valence electrons. The fourth-order valence-corrected chi connectivity index (χ4v) is 4.66. The molecule has 1 N–H and O–H groups in total. The molecule has 0 spiro atoms. The average molecular weight is 331 g/mol. The Morgan fingerprint density at radius 2 is 2.30 bits per heavy atom. The number of hydrogen-bond donors (Lipinski definition) is 1. The van der Waals surface area contributed by atoms with E-state index in [-0.39, 0.29) is 12.0 Å². The second-order valence-corrected chi connectivity index (χ2v) is 7.38. The number of amides is 1. The van der Waals surface area contributed by atoms with Gasteiger partial charge in [0.05, 0.1) is 11.6 Å². The Kier molecular flexibility index (Phi) is 4.27. The van der Waals surface area contributed by atoms with E-state index >= 15 is 0 Å². The minimum Gasteiger partial charge on any atom is -0.376 e. The van der Waals surface area contributed by atoms with Gasteiger partial charge in [-0.3, -0.25) is 9.89 Å². The number of para-hydroxylation sites is 1. The summed E-state index contributed by atoms with van der Waals surface area (Å²) in [4.78, 5) is 15.2. The number of carbonyl (C=O) groups is 1. The van der Waals surface area contributed by atoms with Crippen molar-refractivity contribution in [3.63, 3.8) is 0 Å². The molecule has 2 atom stereocenters. The highest BCUT2D eigenvalue weighted by Crippen LogP contribution is 2.27. The van der Waals surface area contributed by atoms with Crippen molar-refractivity contribution >= 4 is 28.6 Å². The maximum Gasteiger partial charge on any atom is 0.275 e. The van der Waals surface area contributed by atoms with Gasteiger partial charge in [-0.15, -0.1) is 0 Å². The number of nitrogens with one attached hydrogen (secondary N) is 1. The third kappa shape index (κ3) is 2.97. The van der Waals surface area contributed by atoms with Gasteiger partial charge in [-0.2, -0.15) is 16.9 Å². The van der Waals surface area contributed by atoms with Crippen molar-refractivity contribution in [2.75, 3.05) is 24.7 Å². The van der Waals surface area contributed by atoms with E-state index in [1.54, 1.807) is 0 Å². The van der Waals surface area contributed by atoms with E-state index in [0.717, 1.165) is 48.3 Å². The Bertz CT molecular complexity index is 690. The first-order chi connectivity index (χ1) is 11.3. The van der Waals surface area contributed by atoms with Gasteiger partial charge in [-0.1, -0.05) is 18.2 Å². The number of aromatic nitrogens is 2. The zero-order valence-electron chi connectivity index (χ0n) is 13.0. The van der Waals surface area contributed by atoms with Crippen molar-refractivity contribution in [1.29, 1.82) is 0 Å². The molecule has 0 radical (unpaired) electrons. The molecule has 0 unspecified atom stereocenters. The number of H-pyrrole nitrogens is 1. The standard InChI is InChI=1S/C17H21N3O2S/c21-17(16-14-5-1-2-6-15(14)18-19-16)20(12-7-9-23-11-12)10-13-4-3-8-22-13/h1-2,5-6,12-13H,3-4,7-11H2,(H,18,19)/t12-,13+/m0/s1. The van der Waals surface area contributed by atoms with E-state index in [1.807, 2.05) is 40.9 Å². The Hall–Kier alpha value is -1.53. The molecule has 5 nitrogen and oxygen atoms in total. The summed E-state index contributed by atoms with van der Waals surface area (Å²) in [6.45, 7) is 1.50. The second-order valence-electron chi connectivity index (χ2n) is 6.23. The Morgan fingerprint density at radius 3 is 3.09 bits per heavy atom. The van der Waals surface area contributed by atoms with Gasteiger partial charge in [0.1, 0.15) is 0 Å². The first-order valence-electron chi connectivity index (χ1n) is 8.26. The third-order valence-corrected chi connectivity index (χ3v) is 5.85. The van der Waals surface area contributed by atoms with Crippen molar-refractivity contribution in [3.8, 4) is 0 Å². The molecule has 2 aromatic rings. The van der Waals surface area contributed by atoms with Crippen LogP contribution in [-0.2, 0) is 4.74 Å². The molecule has 6 heteroatoms. The van der Waals surface area contributed by atoms with E-state index in [9.17, 15) is 4.79 Å². The molecule has 2 aliphatic heterocycles. The zero-order chi connectivity index (χ0) is 15.6. The van der Waals surface area contributed by atoms with Crippen LogP contribution < -0.4 is 0 Å². The summed E-state index contributed by atoms with van der Waals surface area (Å²) >= 11 is 1.92. The summed E-state index contributed by atoms with van der Waals surface area (Å²) in [6, 6.07) is 8.11. The van der Waals surface area contributed by atoms with Crippen LogP contribution in [0.3, 0.4) is 0 Å². The Labute approximate surface area is 139 Å². The molecule has 0 aliphatic carbocycles. The van der Waals surface area contributed by atoms with Gasteiger partial charge in [-0.05, 0) is 31.1 Å². The van der Waals surface area contributed by atoms with Crippen LogP contribution >= 0.6 is 11.8 Å². The normalized spacial score (nSPS) is 24.3. The number of benzene rings is 1. The van der Waals surface area contributed by atoms with Gasteiger partial charge in [0.15, 0.2) is 5.69 Å². The number of fused-ring (bicyclic) bond motifs is 1. The van der Waals surface area contributed by atoms with Gasteiger partial charge in [-0.25, -0.2) is 0 Å².